The standard InChI is InChI=1S/C23H22ClFN4O/c1-14-23(15(2)29(28-14)13-18-19(24)7-5-8-20(18)25)27-22(30)11-10-16-12-26-21-9-4-3-6-17(16)21/h3-9,12,26H,10-11,13H2,1-2H3,(H,27,30). The fourth-order valence-corrected chi connectivity index (χ4v) is 3.88. The molecule has 0 aliphatic rings. The molecule has 0 fully saturated rings. The van der Waals surface area contributed by atoms with Crippen LogP contribution in [0.4, 0.5) is 10.1 Å². The zero-order chi connectivity index (χ0) is 21.3. The molecule has 1 amide bonds. The van der Waals surface area contributed by atoms with Gasteiger partial charge in [0.25, 0.3) is 0 Å². The largest absolute Gasteiger partial charge is 0.361 e. The summed E-state index contributed by atoms with van der Waals surface area (Å²) >= 11 is 6.14. The van der Waals surface area contributed by atoms with Crippen LogP contribution in [0.2, 0.25) is 5.02 Å². The van der Waals surface area contributed by atoms with Crippen LogP contribution in [0.15, 0.2) is 48.7 Å². The van der Waals surface area contributed by atoms with Gasteiger partial charge in [0.05, 0.1) is 23.6 Å². The van der Waals surface area contributed by atoms with E-state index in [1.807, 2.05) is 44.3 Å². The molecule has 2 aromatic heterocycles. The highest BCUT2D eigenvalue weighted by Crippen LogP contribution is 2.25. The average molecular weight is 425 g/mol. The number of amides is 1. The number of aromatic amines is 1. The van der Waals surface area contributed by atoms with E-state index in [-0.39, 0.29) is 18.3 Å². The van der Waals surface area contributed by atoms with Crippen molar-refractivity contribution in [2.45, 2.75) is 33.2 Å². The van der Waals surface area contributed by atoms with Gasteiger partial charge in [0.15, 0.2) is 0 Å². The molecular weight excluding hydrogens is 403 g/mol. The molecule has 7 heteroatoms. The van der Waals surface area contributed by atoms with Crippen molar-refractivity contribution in [1.82, 2.24) is 14.8 Å². The molecule has 0 aliphatic carbocycles. The van der Waals surface area contributed by atoms with Gasteiger partial charge in [-0.15, -0.1) is 0 Å². The number of H-pyrrole nitrogens is 1. The molecular formula is C23H22ClFN4O. The number of rotatable bonds is 6. The second kappa shape index (κ2) is 8.32. The number of carbonyl (C=O) groups excluding carboxylic acids is 1. The van der Waals surface area contributed by atoms with Gasteiger partial charge in [-0.3, -0.25) is 9.48 Å². The zero-order valence-corrected chi connectivity index (χ0v) is 17.6. The lowest BCUT2D eigenvalue weighted by molar-refractivity contribution is -0.116. The number of aryl methyl sites for hydroxylation is 2. The van der Waals surface area contributed by atoms with Crippen LogP contribution in [0, 0.1) is 19.7 Å². The van der Waals surface area contributed by atoms with E-state index in [9.17, 15) is 9.18 Å². The second-order valence-corrected chi connectivity index (χ2v) is 7.72. The minimum absolute atomic E-state index is 0.0880. The van der Waals surface area contributed by atoms with E-state index < -0.39 is 0 Å². The first-order chi connectivity index (χ1) is 14.4. The van der Waals surface area contributed by atoms with Crippen LogP contribution in [0.25, 0.3) is 10.9 Å². The smallest absolute Gasteiger partial charge is 0.224 e. The number of halogens is 2. The Balaban J connectivity index is 1.46. The molecule has 2 heterocycles. The van der Waals surface area contributed by atoms with Crippen molar-refractivity contribution in [3.05, 3.63) is 82.0 Å². The minimum atomic E-state index is -0.376. The Kier molecular flexibility index (Phi) is 5.59. The summed E-state index contributed by atoms with van der Waals surface area (Å²) in [5.41, 5.74) is 4.65. The lowest BCUT2D eigenvalue weighted by Crippen LogP contribution is -2.14. The number of aromatic nitrogens is 3. The molecule has 0 atom stereocenters. The van der Waals surface area contributed by atoms with Crippen molar-refractivity contribution >= 4 is 34.1 Å². The third-order valence-electron chi connectivity index (χ3n) is 5.31. The van der Waals surface area contributed by atoms with E-state index in [0.717, 1.165) is 22.2 Å². The van der Waals surface area contributed by atoms with Crippen LogP contribution in [0.1, 0.15) is 28.9 Å². The van der Waals surface area contributed by atoms with Crippen LogP contribution in [-0.4, -0.2) is 20.7 Å². The maximum absolute atomic E-state index is 14.1. The van der Waals surface area contributed by atoms with Gasteiger partial charge in [-0.1, -0.05) is 35.9 Å². The predicted molar refractivity (Wildman–Crippen MR) is 117 cm³/mol. The number of para-hydroxylation sites is 1. The van der Waals surface area contributed by atoms with Crippen molar-refractivity contribution in [3.8, 4) is 0 Å². The average Bonchev–Trinajstić information content (AvgIpc) is 3.25. The van der Waals surface area contributed by atoms with Gasteiger partial charge < -0.3 is 10.3 Å². The summed E-state index contributed by atoms with van der Waals surface area (Å²) in [5.74, 6) is -0.464. The lowest BCUT2D eigenvalue weighted by atomic mass is 10.1. The maximum Gasteiger partial charge on any atom is 0.224 e. The molecule has 4 rings (SSSR count). The van der Waals surface area contributed by atoms with Gasteiger partial charge >= 0.3 is 0 Å². The Labute approximate surface area is 178 Å². The predicted octanol–water partition coefficient (Wildman–Crippen LogP) is 5.39. The number of nitrogens with zero attached hydrogens (tertiary/aromatic N) is 2. The van der Waals surface area contributed by atoms with Crippen molar-refractivity contribution in [3.63, 3.8) is 0 Å². The molecule has 5 nitrogen and oxygen atoms in total. The summed E-state index contributed by atoms with van der Waals surface area (Å²) in [5, 5.41) is 8.91. The summed E-state index contributed by atoms with van der Waals surface area (Å²) < 4.78 is 15.8. The summed E-state index contributed by atoms with van der Waals surface area (Å²) in [6.45, 7) is 3.87. The number of carbonyl (C=O) groups is 1. The van der Waals surface area contributed by atoms with Gasteiger partial charge in [-0.2, -0.15) is 5.10 Å². The van der Waals surface area contributed by atoms with Crippen molar-refractivity contribution in [2.75, 3.05) is 5.32 Å². The molecule has 154 valence electrons. The Morgan fingerprint density at radius 3 is 2.80 bits per heavy atom. The highest BCUT2D eigenvalue weighted by molar-refractivity contribution is 6.31. The van der Waals surface area contributed by atoms with E-state index in [1.165, 1.54) is 6.07 Å². The first-order valence-electron chi connectivity index (χ1n) is 9.75. The number of fused-ring (bicyclic) bond motifs is 1. The monoisotopic (exact) mass is 424 g/mol. The van der Waals surface area contributed by atoms with Gasteiger partial charge in [-0.25, -0.2) is 4.39 Å². The highest BCUT2D eigenvalue weighted by atomic mass is 35.5. The lowest BCUT2D eigenvalue weighted by Gasteiger charge is -2.09. The van der Waals surface area contributed by atoms with Gasteiger partial charge in [0.1, 0.15) is 5.82 Å². The fourth-order valence-electron chi connectivity index (χ4n) is 3.65. The first kappa shape index (κ1) is 20.2. The summed E-state index contributed by atoms with van der Waals surface area (Å²) in [4.78, 5) is 15.8. The van der Waals surface area contributed by atoms with E-state index >= 15 is 0 Å². The molecule has 0 unspecified atom stereocenters. The Morgan fingerprint density at radius 1 is 1.20 bits per heavy atom. The Bertz CT molecular complexity index is 1210. The minimum Gasteiger partial charge on any atom is -0.361 e. The number of benzene rings is 2. The molecule has 2 N–H and O–H groups in total. The van der Waals surface area contributed by atoms with Crippen molar-refractivity contribution in [2.24, 2.45) is 0 Å². The SMILES string of the molecule is Cc1nn(Cc2c(F)cccc2Cl)c(C)c1NC(=O)CCc1c[nH]c2ccccc12. The van der Waals surface area contributed by atoms with E-state index in [1.54, 1.807) is 16.8 Å². The van der Waals surface area contributed by atoms with Crippen LogP contribution in [0.3, 0.4) is 0 Å². The quantitative estimate of drug-likeness (QED) is 0.435. The summed E-state index contributed by atoms with van der Waals surface area (Å²) in [6, 6.07) is 12.6. The topological polar surface area (TPSA) is 62.7 Å². The van der Waals surface area contributed by atoms with E-state index in [2.05, 4.69) is 15.4 Å². The summed E-state index contributed by atoms with van der Waals surface area (Å²) in [6.07, 6.45) is 2.93. The molecule has 0 saturated heterocycles. The van der Waals surface area contributed by atoms with E-state index in [0.29, 0.717) is 34.8 Å². The number of hydrogen-bond donors (Lipinski definition) is 2. The normalized spacial score (nSPS) is 11.2. The third-order valence-corrected chi connectivity index (χ3v) is 5.67. The third kappa shape index (κ3) is 3.96. The molecule has 4 aromatic rings. The van der Waals surface area contributed by atoms with Crippen molar-refractivity contribution < 1.29 is 9.18 Å². The second-order valence-electron chi connectivity index (χ2n) is 7.31. The molecule has 30 heavy (non-hydrogen) atoms. The zero-order valence-electron chi connectivity index (χ0n) is 16.8. The molecule has 0 saturated carbocycles. The molecule has 0 bridgehead atoms. The molecule has 0 spiro atoms. The first-order valence-corrected chi connectivity index (χ1v) is 10.1. The number of nitrogens with one attached hydrogen (secondary N) is 2. The molecule has 0 aliphatic heterocycles. The Morgan fingerprint density at radius 2 is 2.00 bits per heavy atom. The van der Waals surface area contributed by atoms with Crippen LogP contribution in [0.5, 0.6) is 0 Å². The molecule has 0 radical (unpaired) electrons. The van der Waals surface area contributed by atoms with E-state index in [4.69, 9.17) is 11.6 Å². The van der Waals surface area contributed by atoms with Crippen LogP contribution < -0.4 is 5.32 Å². The number of anilines is 1. The number of hydrogen-bond acceptors (Lipinski definition) is 2. The van der Waals surface area contributed by atoms with Crippen molar-refractivity contribution in [1.29, 1.82) is 0 Å². The van der Waals surface area contributed by atoms with Gasteiger partial charge in [-0.05, 0) is 44.0 Å². The highest BCUT2D eigenvalue weighted by Gasteiger charge is 2.17. The van der Waals surface area contributed by atoms with Gasteiger partial charge in [0.2, 0.25) is 5.91 Å². The fraction of sp³-hybridized carbons (Fsp3) is 0.217. The van der Waals surface area contributed by atoms with Crippen LogP contribution >= 0.6 is 11.6 Å². The summed E-state index contributed by atoms with van der Waals surface area (Å²) in [7, 11) is 0. The maximum atomic E-state index is 14.1. The molecule has 2 aromatic carbocycles. The Hall–Kier alpha value is -3.12. The van der Waals surface area contributed by atoms with Crippen LogP contribution in [-0.2, 0) is 17.8 Å². The van der Waals surface area contributed by atoms with Gasteiger partial charge in [0, 0.05) is 34.1 Å².